The molecule has 0 radical (unpaired) electrons. The standard InChI is InChI=1S/C45H52BrF2N3O11/c1-42-12-11-29(54)15-32(42)33(47)16-31-30-17-37-45(36(56)23-53,43(30,2)18-35(55)44(31,42)48)62-41(61-37)26-6-3-24(4-7-26)13-25-5-8-27(22-52)34(14-25)49-20-28(9-10-40(59)60)51-39(58)21-50-38(57)19-46/h3-8,11-12,14-15,28,30-31,33,35,37,41,49,52-53,55H,9-10,13,16-23H2,1-2H3,(H,50,57)(H,51,58)(H,59,60)/t28-,30-,31-,33-,35-,37+,41+,42-,43-,44-,45+/m0/s1. The van der Waals surface area contributed by atoms with E-state index in [9.17, 15) is 44.4 Å². The van der Waals surface area contributed by atoms with Gasteiger partial charge in [-0.1, -0.05) is 65.3 Å². The van der Waals surface area contributed by atoms with E-state index in [2.05, 4.69) is 31.9 Å². The molecule has 14 nitrogen and oxygen atoms in total. The molecule has 11 atom stereocenters. The van der Waals surface area contributed by atoms with Crippen LogP contribution in [0.15, 0.2) is 66.3 Å². The van der Waals surface area contributed by atoms with Crippen molar-refractivity contribution in [1.82, 2.24) is 10.6 Å². The number of aliphatic carboxylic acids is 1. The number of hydrogen-bond donors (Lipinski definition) is 7. The van der Waals surface area contributed by atoms with Crippen LogP contribution in [0.5, 0.6) is 0 Å². The minimum absolute atomic E-state index is 0.00237. The number of aliphatic hydroxyl groups excluding tert-OH is 3. The van der Waals surface area contributed by atoms with Gasteiger partial charge in [-0.2, -0.15) is 0 Å². The first-order valence-electron chi connectivity index (χ1n) is 20.8. The zero-order valence-electron chi connectivity index (χ0n) is 34.4. The number of hydrogen-bond acceptors (Lipinski definition) is 11. The van der Waals surface area contributed by atoms with Gasteiger partial charge in [0.05, 0.1) is 30.7 Å². The minimum atomic E-state index is -2.36. The Kier molecular flexibility index (Phi) is 13.0. The van der Waals surface area contributed by atoms with Crippen LogP contribution in [0.3, 0.4) is 0 Å². The summed E-state index contributed by atoms with van der Waals surface area (Å²) in [5.41, 5.74) is -3.50. The Morgan fingerprint density at radius 2 is 1.74 bits per heavy atom. The van der Waals surface area contributed by atoms with Crippen LogP contribution in [0.4, 0.5) is 14.5 Å². The molecule has 1 aliphatic heterocycles. The number of carboxylic acids is 1. The Labute approximate surface area is 365 Å². The van der Waals surface area contributed by atoms with E-state index in [-0.39, 0.29) is 68.6 Å². The number of alkyl halides is 3. The lowest BCUT2D eigenvalue weighted by Gasteiger charge is -2.63. The molecule has 7 rings (SSSR count). The van der Waals surface area contributed by atoms with E-state index in [1.807, 2.05) is 24.3 Å². The largest absolute Gasteiger partial charge is 0.481 e. The Hall–Kier alpha value is -4.39. The average molecular weight is 929 g/mol. The molecule has 1 heterocycles. The van der Waals surface area contributed by atoms with Crippen molar-refractivity contribution >= 4 is 51.0 Å². The summed E-state index contributed by atoms with van der Waals surface area (Å²) in [5, 5.41) is 49.9. The Balaban J connectivity index is 1.06. The maximum absolute atomic E-state index is 17.7. The number of allylic oxidation sites excluding steroid dienone is 4. The first-order chi connectivity index (χ1) is 29.4. The van der Waals surface area contributed by atoms with Crippen LogP contribution in [-0.2, 0) is 46.5 Å². The number of halogens is 3. The molecule has 4 aliphatic carbocycles. The summed E-state index contributed by atoms with van der Waals surface area (Å²) in [5.74, 6) is -4.74. The van der Waals surface area contributed by atoms with Crippen molar-refractivity contribution in [1.29, 1.82) is 0 Å². The van der Waals surface area contributed by atoms with E-state index in [0.29, 0.717) is 23.2 Å². The highest BCUT2D eigenvalue weighted by atomic mass is 79.9. The second-order valence-corrected chi connectivity index (χ2v) is 18.1. The number of carbonyl (C=O) groups is 5. The monoisotopic (exact) mass is 927 g/mol. The van der Waals surface area contributed by atoms with Crippen LogP contribution in [-0.4, -0.2) is 110 Å². The number of rotatable bonds is 16. The maximum Gasteiger partial charge on any atom is 0.303 e. The fourth-order valence-corrected chi connectivity index (χ4v) is 11.2. The summed E-state index contributed by atoms with van der Waals surface area (Å²) in [6, 6.07) is 12.2. The third kappa shape index (κ3) is 7.82. The Morgan fingerprint density at radius 1 is 1.02 bits per heavy atom. The molecule has 334 valence electrons. The summed E-state index contributed by atoms with van der Waals surface area (Å²) >= 11 is 3.01. The molecule has 2 aromatic carbocycles. The lowest BCUT2D eigenvalue weighted by atomic mass is 9.44. The molecule has 0 spiro atoms. The molecule has 4 fully saturated rings. The smallest absolute Gasteiger partial charge is 0.303 e. The maximum atomic E-state index is 17.7. The molecule has 5 aliphatic rings. The molecular formula is C45H52BrF2N3O11. The number of benzene rings is 2. The van der Waals surface area contributed by atoms with Crippen molar-refractivity contribution in [3.8, 4) is 0 Å². The highest BCUT2D eigenvalue weighted by molar-refractivity contribution is 9.09. The zero-order chi connectivity index (χ0) is 44.8. The normalized spacial score (nSPS) is 33.6. The van der Waals surface area contributed by atoms with E-state index in [1.165, 1.54) is 19.1 Å². The van der Waals surface area contributed by atoms with Crippen LogP contribution in [0, 0.1) is 22.7 Å². The molecule has 0 bridgehead atoms. The third-order valence-electron chi connectivity index (χ3n) is 14.1. The van der Waals surface area contributed by atoms with Gasteiger partial charge in [0.1, 0.15) is 12.8 Å². The highest BCUT2D eigenvalue weighted by Crippen LogP contribution is 2.72. The van der Waals surface area contributed by atoms with Crippen molar-refractivity contribution in [2.75, 3.05) is 30.3 Å². The predicted octanol–water partition coefficient (Wildman–Crippen LogP) is 3.69. The quantitative estimate of drug-likeness (QED) is 0.120. The van der Waals surface area contributed by atoms with E-state index >= 15 is 8.78 Å². The van der Waals surface area contributed by atoms with Crippen molar-refractivity contribution in [2.24, 2.45) is 22.7 Å². The van der Waals surface area contributed by atoms with Crippen LogP contribution >= 0.6 is 15.9 Å². The van der Waals surface area contributed by atoms with Crippen molar-refractivity contribution < 1.29 is 62.7 Å². The number of fused-ring (bicyclic) bond motifs is 7. The van der Waals surface area contributed by atoms with E-state index in [4.69, 9.17) is 9.47 Å². The highest BCUT2D eigenvalue weighted by Gasteiger charge is 2.80. The number of aliphatic hydroxyl groups is 3. The van der Waals surface area contributed by atoms with Gasteiger partial charge >= 0.3 is 5.97 Å². The van der Waals surface area contributed by atoms with Gasteiger partial charge in [0.25, 0.3) is 0 Å². The van der Waals surface area contributed by atoms with E-state index in [1.54, 1.807) is 25.1 Å². The van der Waals surface area contributed by atoms with Gasteiger partial charge in [0.2, 0.25) is 11.8 Å². The van der Waals surface area contributed by atoms with Gasteiger partial charge in [-0.25, -0.2) is 8.78 Å². The van der Waals surface area contributed by atoms with Crippen molar-refractivity contribution in [3.05, 3.63) is 88.5 Å². The van der Waals surface area contributed by atoms with E-state index < -0.39 is 94.7 Å². The second kappa shape index (κ2) is 17.6. The van der Waals surface area contributed by atoms with Gasteiger partial charge in [-0.3, -0.25) is 24.0 Å². The van der Waals surface area contributed by atoms with Crippen LogP contribution in [0.2, 0.25) is 0 Å². The molecular weight excluding hydrogens is 876 g/mol. The molecule has 2 aromatic rings. The van der Waals surface area contributed by atoms with Crippen molar-refractivity contribution in [2.45, 2.75) is 101 Å². The third-order valence-corrected chi connectivity index (χ3v) is 14.6. The summed E-state index contributed by atoms with van der Waals surface area (Å²) in [7, 11) is 0. The van der Waals surface area contributed by atoms with E-state index in [0.717, 1.165) is 17.2 Å². The Morgan fingerprint density at radius 3 is 2.42 bits per heavy atom. The SMILES string of the molecule is C[C@]12C=CC(=O)C=C1[C@@H](F)C[C@H]1[C@@H]3C[C@H]4O[C@@H](c5ccc(Cc6ccc(CO)c(NC[C@H](CCC(=O)O)NC(=O)CNC(=O)CBr)c6)cc5)O[C@@]4(C(=O)CO)[C@@]3(C)C[C@H](O)[C@@]12F. The number of ether oxygens (including phenoxy) is 2. The van der Waals surface area contributed by atoms with Gasteiger partial charge in [0, 0.05) is 52.6 Å². The number of ketones is 2. The van der Waals surface area contributed by atoms with Gasteiger partial charge in [-0.15, -0.1) is 0 Å². The molecule has 62 heavy (non-hydrogen) atoms. The fraction of sp³-hybridized carbons (Fsp3) is 0.533. The number of carbonyl (C=O) groups excluding carboxylic acids is 4. The first kappa shape index (κ1) is 45.6. The fourth-order valence-electron chi connectivity index (χ4n) is 11.0. The summed E-state index contributed by atoms with van der Waals surface area (Å²) in [6.45, 7) is 1.93. The van der Waals surface area contributed by atoms with Gasteiger partial charge in [0.15, 0.2) is 29.1 Å². The molecule has 1 saturated heterocycles. The van der Waals surface area contributed by atoms with Gasteiger partial charge < -0.3 is 45.9 Å². The molecule has 3 saturated carbocycles. The first-order valence-corrected chi connectivity index (χ1v) is 21.9. The molecule has 2 amide bonds. The van der Waals surface area contributed by atoms with Crippen LogP contribution in [0.25, 0.3) is 0 Å². The molecule has 0 unspecified atom stereocenters. The summed E-state index contributed by atoms with van der Waals surface area (Å²) in [4.78, 5) is 61.5. The van der Waals surface area contributed by atoms with Gasteiger partial charge in [-0.05, 0) is 79.9 Å². The number of Topliss-reactive ketones (excluding diaryl/α,β-unsaturated/α-hetero) is 1. The topological polar surface area (TPSA) is 221 Å². The number of nitrogens with one attached hydrogen (secondary N) is 3. The Bertz CT molecular complexity index is 2170. The summed E-state index contributed by atoms with van der Waals surface area (Å²) in [6.07, 6.45) is -1.66. The lowest BCUT2D eigenvalue weighted by Crippen LogP contribution is -2.70. The van der Waals surface area contributed by atoms with Crippen LogP contribution in [0.1, 0.15) is 74.5 Å². The molecule has 17 heteroatoms. The van der Waals surface area contributed by atoms with Crippen molar-refractivity contribution in [3.63, 3.8) is 0 Å². The number of carboxylic acid groups (broad SMARTS) is 1. The zero-order valence-corrected chi connectivity index (χ0v) is 36.0. The second-order valence-electron chi connectivity index (χ2n) is 17.5. The summed E-state index contributed by atoms with van der Waals surface area (Å²) < 4.78 is 46.8. The number of anilines is 1. The molecule has 0 aromatic heterocycles. The lowest BCUT2D eigenvalue weighted by molar-refractivity contribution is -0.235. The minimum Gasteiger partial charge on any atom is -0.481 e. The molecule has 7 N–H and O–H groups in total. The van der Waals surface area contributed by atoms with Crippen LogP contribution < -0.4 is 16.0 Å². The average Bonchev–Trinajstić information content (AvgIpc) is 3.75. The number of amides is 2. The predicted molar refractivity (Wildman–Crippen MR) is 223 cm³/mol.